The first-order chi connectivity index (χ1) is 12.1. The molecule has 25 heavy (non-hydrogen) atoms. The van der Waals surface area contributed by atoms with Crippen LogP contribution in [-0.4, -0.2) is 65.5 Å². The molecule has 1 aliphatic rings. The molecule has 0 N–H and O–H groups in total. The molecule has 0 saturated carbocycles. The van der Waals surface area contributed by atoms with Crippen molar-refractivity contribution in [3.05, 3.63) is 34.6 Å². The van der Waals surface area contributed by atoms with E-state index in [1.54, 1.807) is 15.9 Å². The number of hydrogen-bond donors (Lipinski definition) is 0. The maximum absolute atomic E-state index is 12.6. The highest BCUT2D eigenvalue weighted by Crippen LogP contribution is 2.16. The van der Waals surface area contributed by atoms with Crippen LogP contribution in [0.2, 0.25) is 0 Å². The molecule has 0 atom stereocenters. The molecule has 0 unspecified atom stereocenters. The summed E-state index contributed by atoms with van der Waals surface area (Å²) in [6.07, 6.45) is 0.725. The molecule has 0 radical (unpaired) electrons. The summed E-state index contributed by atoms with van der Waals surface area (Å²) in [6.45, 7) is 2.29. The minimum absolute atomic E-state index is 0.0458. The molecule has 2 amide bonds. The highest BCUT2D eigenvalue weighted by Gasteiger charge is 2.22. The van der Waals surface area contributed by atoms with Crippen LogP contribution < -0.4 is 5.56 Å². The van der Waals surface area contributed by atoms with E-state index in [1.807, 2.05) is 18.2 Å². The van der Waals surface area contributed by atoms with Crippen LogP contribution in [0.15, 0.2) is 29.1 Å². The second kappa shape index (κ2) is 7.79. The fraction of sp³-hybridized carbons (Fsp3) is 0.471. The zero-order valence-electron chi connectivity index (χ0n) is 14.1. The third-order valence-corrected chi connectivity index (χ3v) is 5.37. The van der Waals surface area contributed by atoms with Gasteiger partial charge >= 0.3 is 0 Å². The van der Waals surface area contributed by atoms with Crippen molar-refractivity contribution in [2.75, 3.05) is 39.9 Å². The predicted molar refractivity (Wildman–Crippen MR) is 95.7 cm³/mol. The largest absolute Gasteiger partial charge is 0.375 e. The monoisotopic (exact) mass is 363 g/mol. The van der Waals surface area contributed by atoms with Crippen molar-refractivity contribution in [2.45, 2.75) is 13.0 Å². The number of fused-ring (bicyclic) bond motifs is 1. The summed E-state index contributed by atoms with van der Waals surface area (Å²) >= 11 is 1.31. The van der Waals surface area contributed by atoms with Gasteiger partial charge in [0.05, 0.1) is 10.1 Å². The van der Waals surface area contributed by atoms with Crippen LogP contribution in [0.1, 0.15) is 6.42 Å². The molecule has 2 heterocycles. The molecule has 1 aromatic heterocycles. The number of hydrogen-bond acceptors (Lipinski definition) is 5. The van der Waals surface area contributed by atoms with E-state index >= 15 is 0 Å². The van der Waals surface area contributed by atoms with Crippen LogP contribution in [0, 0.1) is 0 Å². The minimum Gasteiger partial charge on any atom is -0.375 e. The van der Waals surface area contributed by atoms with Crippen molar-refractivity contribution >= 4 is 33.4 Å². The molecule has 1 fully saturated rings. The first-order valence-electron chi connectivity index (χ1n) is 8.23. The van der Waals surface area contributed by atoms with Gasteiger partial charge in [-0.05, 0) is 18.6 Å². The van der Waals surface area contributed by atoms with Gasteiger partial charge in [-0.2, -0.15) is 0 Å². The SMILES string of the molecule is COCC(=O)N1CCCN(C(=O)Cn2sc3ccccc3c2=O)CC1. The number of aromatic nitrogens is 1. The molecular formula is C17H21N3O4S. The summed E-state index contributed by atoms with van der Waals surface area (Å²) in [7, 11) is 1.49. The number of rotatable bonds is 4. The van der Waals surface area contributed by atoms with Gasteiger partial charge in [-0.1, -0.05) is 23.7 Å². The lowest BCUT2D eigenvalue weighted by atomic mass is 10.3. The average molecular weight is 363 g/mol. The van der Waals surface area contributed by atoms with Gasteiger partial charge in [-0.25, -0.2) is 0 Å². The highest BCUT2D eigenvalue weighted by atomic mass is 32.1. The number of amides is 2. The van der Waals surface area contributed by atoms with E-state index in [0.29, 0.717) is 31.6 Å². The summed E-state index contributed by atoms with van der Waals surface area (Å²) in [6, 6.07) is 7.36. The van der Waals surface area contributed by atoms with E-state index in [4.69, 9.17) is 4.74 Å². The van der Waals surface area contributed by atoms with Gasteiger partial charge < -0.3 is 14.5 Å². The lowest BCUT2D eigenvalue weighted by Gasteiger charge is -2.22. The van der Waals surface area contributed by atoms with E-state index in [0.717, 1.165) is 11.1 Å². The zero-order valence-corrected chi connectivity index (χ0v) is 15.0. The van der Waals surface area contributed by atoms with Crippen molar-refractivity contribution in [1.29, 1.82) is 0 Å². The van der Waals surface area contributed by atoms with Crippen molar-refractivity contribution in [3.63, 3.8) is 0 Å². The molecule has 3 rings (SSSR count). The molecule has 1 aliphatic heterocycles. The predicted octanol–water partition coefficient (Wildman–Crippen LogP) is 0.770. The third kappa shape index (κ3) is 3.91. The first kappa shape index (κ1) is 17.6. The van der Waals surface area contributed by atoms with Crippen LogP contribution in [0.4, 0.5) is 0 Å². The number of ether oxygens (including phenoxy) is 1. The quantitative estimate of drug-likeness (QED) is 0.804. The van der Waals surface area contributed by atoms with Crippen LogP contribution in [0.5, 0.6) is 0 Å². The summed E-state index contributed by atoms with van der Waals surface area (Å²) < 4.78 is 7.27. The molecule has 0 bridgehead atoms. The summed E-state index contributed by atoms with van der Waals surface area (Å²) in [5.41, 5.74) is -0.124. The number of carbonyl (C=O) groups excluding carboxylic acids is 2. The van der Waals surface area contributed by atoms with Gasteiger partial charge in [0.2, 0.25) is 11.8 Å². The summed E-state index contributed by atoms with van der Waals surface area (Å²) in [4.78, 5) is 40.3. The second-order valence-electron chi connectivity index (χ2n) is 5.98. The van der Waals surface area contributed by atoms with E-state index in [9.17, 15) is 14.4 Å². The van der Waals surface area contributed by atoms with Crippen molar-refractivity contribution in [3.8, 4) is 0 Å². The Bertz CT molecular complexity index is 829. The van der Waals surface area contributed by atoms with E-state index < -0.39 is 0 Å². The Kier molecular flexibility index (Phi) is 5.50. The van der Waals surface area contributed by atoms with Crippen LogP contribution >= 0.6 is 11.5 Å². The van der Waals surface area contributed by atoms with Gasteiger partial charge in [-0.3, -0.25) is 18.3 Å². The minimum atomic E-state index is -0.124. The Labute approximate surface area is 149 Å². The zero-order chi connectivity index (χ0) is 17.8. The van der Waals surface area contributed by atoms with E-state index in [1.165, 1.54) is 22.6 Å². The molecule has 2 aromatic rings. The molecule has 0 spiro atoms. The molecule has 1 saturated heterocycles. The number of nitrogens with zero attached hydrogens (tertiary/aromatic N) is 3. The molecular weight excluding hydrogens is 342 g/mol. The molecule has 1 aromatic carbocycles. The second-order valence-corrected chi connectivity index (χ2v) is 7.04. The maximum Gasteiger partial charge on any atom is 0.268 e. The molecule has 8 heteroatoms. The maximum atomic E-state index is 12.6. The normalized spacial score (nSPS) is 15.4. The smallest absolute Gasteiger partial charge is 0.268 e. The van der Waals surface area contributed by atoms with Gasteiger partial charge in [-0.15, -0.1) is 0 Å². The number of benzene rings is 1. The highest BCUT2D eigenvalue weighted by molar-refractivity contribution is 7.13. The fourth-order valence-corrected chi connectivity index (χ4v) is 3.96. The van der Waals surface area contributed by atoms with Crippen molar-refractivity contribution in [2.24, 2.45) is 0 Å². The van der Waals surface area contributed by atoms with Crippen LogP contribution in [0.25, 0.3) is 10.1 Å². The van der Waals surface area contributed by atoms with Crippen molar-refractivity contribution in [1.82, 2.24) is 13.8 Å². The molecule has 7 nitrogen and oxygen atoms in total. The Morgan fingerprint density at radius 2 is 1.76 bits per heavy atom. The van der Waals surface area contributed by atoms with Gasteiger partial charge in [0.25, 0.3) is 5.56 Å². The standard InChI is InChI=1S/C17H21N3O4S/c1-24-12-16(22)19-8-4-7-18(9-10-19)15(21)11-20-17(23)13-5-2-3-6-14(13)25-20/h2-3,5-6H,4,7-12H2,1H3. The Hall–Kier alpha value is -2.19. The average Bonchev–Trinajstić information content (AvgIpc) is 2.79. The fourth-order valence-electron chi connectivity index (χ4n) is 2.98. The lowest BCUT2D eigenvalue weighted by molar-refractivity contribution is -0.136. The number of methoxy groups -OCH3 is 1. The lowest BCUT2D eigenvalue weighted by Crippen LogP contribution is -2.40. The molecule has 134 valence electrons. The number of carbonyl (C=O) groups is 2. The van der Waals surface area contributed by atoms with E-state index in [-0.39, 0.29) is 30.5 Å². The van der Waals surface area contributed by atoms with Gasteiger partial charge in [0.15, 0.2) is 0 Å². The summed E-state index contributed by atoms with van der Waals surface area (Å²) in [5, 5.41) is 0.646. The Morgan fingerprint density at radius 1 is 1.08 bits per heavy atom. The van der Waals surface area contributed by atoms with Gasteiger partial charge in [0.1, 0.15) is 13.2 Å². The van der Waals surface area contributed by atoms with Crippen LogP contribution in [0.3, 0.4) is 0 Å². The van der Waals surface area contributed by atoms with E-state index in [2.05, 4.69) is 0 Å². The Morgan fingerprint density at radius 3 is 2.44 bits per heavy atom. The topological polar surface area (TPSA) is 71.8 Å². The van der Waals surface area contributed by atoms with Crippen LogP contribution in [-0.2, 0) is 20.9 Å². The van der Waals surface area contributed by atoms with Crippen molar-refractivity contribution < 1.29 is 14.3 Å². The van der Waals surface area contributed by atoms with Gasteiger partial charge in [0, 0.05) is 33.3 Å². The Balaban J connectivity index is 1.66. The molecule has 0 aliphatic carbocycles. The summed E-state index contributed by atoms with van der Waals surface area (Å²) in [5.74, 6) is -0.146. The third-order valence-electron chi connectivity index (χ3n) is 4.30. The first-order valence-corrected chi connectivity index (χ1v) is 9.01.